The van der Waals surface area contributed by atoms with Gasteiger partial charge in [0.1, 0.15) is 0 Å². The van der Waals surface area contributed by atoms with Crippen LogP contribution in [-0.4, -0.2) is 22.8 Å². The maximum atomic E-state index is 10.3. The molecule has 20 heavy (non-hydrogen) atoms. The number of aromatic nitrogens is 1. The Morgan fingerprint density at radius 3 is 3.10 bits per heavy atom. The Labute approximate surface area is 119 Å². The topological polar surface area (TPSA) is 42.4 Å². The zero-order chi connectivity index (χ0) is 13.8. The Bertz CT molecular complexity index is 564. The van der Waals surface area contributed by atoms with E-state index in [9.17, 15) is 5.11 Å². The number of rotatable bonds is 4. The van der Waals surface area contributed by atoms with Gasteiger partial charge in [0.05, 0.1) is 17.7 Å². The van der Waals surface area contributed by atoms with Crippen molar-refractivity contribution in [2.75, 3.05) is 6.61 Å². The maximum absolute atomic E-state index is 10.3. The van der Waals surface area contributed by atoms with Gasteiger partial charge in [-0.1, -0.05) is 12.1 Å². The summed E-state index contributed by atoms with van der Waals surface area (Å²) in [5, 5.41) is 11.4. The lowest BCUT2D eigenvalue weighted by Crippen LogP contribution is -2.19. The minimum atomic E-state index is -0.412. The lowest BCUT2D eigenvalue weighted by molar-refractivity contribution is 0.00214. The van der Waals surface area contributed by atoms with Crippen LogP contribution in [0.15, 0.2) is 36.5 Å². The van der Waals surface area contributed by atoms with E-state index in [1.807, 2.05) is 30.3 Å². The summed E-state index contributed by atoms with van der Waals surface area (Å²) in [5.74, 6) is 0. The second-order valence-corrected chi connectivity index (χ2v) is 5.54. The van der Waals surface area contributed by atoms with Crippen molar-refractivity contribution < 1.29 is 9.84 Å². The lowest BCUT2D eigenvalue weighted by Gasteiger charge is -2.23. The van der Waals surface area contributed by atoms with E-state index in [0.717, 1.165) is 42.3 Å². The molecule has 0 saturated carbocycles. The van der Waals surface area contributed by atoms with Gasteiger partial charge < -0.3 is 9.84 Å². The average Bonchev–Trinajstić information content (AvgIpc) is 2.53. The van der Waals surface area contributed by atoms with Crippen molar-refractivity contribution in [1.29, 1.82) is 0 Å². The number of nitrogens with zero attached hydrogens (tertiary/aromatic N) is 1. The predicted octanol–water partition coefficient (Wildman–Crippen LogP) is 3.62. The molecular formula is C17H21NO2. The molecule has 2 aromatic rings. The molecule has 3 rings (SSSR count). The SMILES string of the molecule is OC(CCC1CCCCO1)c1ccc2ncccc2c1. The second-order valence-electron chi connectivity index (χ2n) is 5.54. The van der Waals surface area contributed by atoms with E-state index >= 15 is 0 Å². The second kappa shape index (κ2) is 6.33. The van der Waals surface area contributed by atoms with Gasteiger partial charge in [-0.25, -0.2) is 0 Å². The molecule has 2 heterocycles. The monoisotopic (exact) mass is 271 g/mol. The molecule has 1 saturated heterocycles. The van der Waals surface area contributed by atoms with E-state index in [2.05, 4.69) is 4.98 Å². The Morgan fingerprint density at radius 2 is 2.25 bits per heavy atom. The third-order valence-corrected chi connectivity index (χ3v) is 4.05. The van der Waals surface area contributed by atoms with Crippen LogP contribution in [0.1, 0.15) is 43.8 Å². The van der Waals surface area contributed by atoms with E-state index in [1.165, 1.54) is 12.8 Å². The zero-order valence-electron chi connectivity index (χ0n) is 11.7. The highest BCUT2D eigenvalue weighted by Gasteiger charge is 2.16. The van der Waals surface area contributed by atoms with Gasteiger partial charge in [0.2, 0.25) is 0 Å². The van der Waals surface area contributed by atoms with Crippen LogP contribution in [0.3, 0.4) is 0 Å². The fourth-order valence-corrected chi connectivity index (χ4v) is 2.85. The third kappa shape index (κ3) is 3.17. The molecule has 0 aliphatic carbocycles. The van der Waals surface area contributed by atoms with Crippen molar-refractivity contribution in [3.8, 4) is 0 Å². The fourth-order valence-electron chi connectivity index (χ4n) is 2.85. The molecule has 1 fully saturated rings. The highest BCUT2D eigenvalue weighted by molar-refractivity contribution is 5.78. The van der Waals surface area contributed by atoms with Gasteiger partial charge in [0.15, 0.2) is 0 Å². The molecule has 106 valence electrons. The Kier molecular flexibility index (Phi) is 4.28. The Balaban J connectivity index is 1.64. The third-order valence-electron chi connectivity index (χ3n) is 4.05. The highest BCUT2D eigenvalue weighted by atomic mass is 16.5. The molecule has 0 spiro atoms. The number of pyridine rings is 1. The molecule has 1 aliphatic rings. The summed E-state index contributed by atoms with van der Waals surface area (Å²) in [4.78, 5) is 4.30. The summed E-state index contributed by atoms with van der Waals surface area (Å²) in [6.07, 6.45) is 6.97. The molecule has 1 N–H and O–H groups in total. The van der Waals surface area contributed by atoms with Crippen LogP contribution in [0, 0.1) is 0 Å². The lowest BCUT2D eigenvalue weighted by atomic mass is 9.98. The summed E-state index contributed by atoms with van der Waals surface area (Å²) in [7, 11) is 0. The van der Waals surface area contributed by atoms with Gasteiger partial charge in [-0.2, -0.15) is 0 Å². The van der Waals surface area contributed by atoms with E-state index in [1.54, 1.807) is 6.20 Å². The van der Waals surface area contributed by atoms with Crippen molar-refractivity contribution >= 4 is 10.9 Å². The average molecular weight is 271 g/mol. The molecule has 3 heteroatoms. The fraction of sp³-hybridized carbons (Fsp3) is 0.471. The van der Waals surface area contributed by atoms with Crippen LogP contribution in [0.4, 0.5) is 0 Å². The first-order valence-electron chi connectivity index (χ1n) is 7.47. The molecule has 2 atom stereocenters. The van der Waals surface area contributed by atoms with Crippen molar-refractivity contribution in [3.05, 3.63) is 42.1 Å². The number of aliphatic hydroxyl groups is 1. The van der Waals surface area contributed by atoms with Gasteiger partial charge in [-0.05, 0) is 55.9 Å². The molecule has 1 aromatic carbocycles. The number of benzene rings is 1. The summed E-state index contributed by atoms with van der Waals surface area (Å²) in [6.45, 7) is 0.877. The van der Waals surface area contributed by atoms with Crippen LogP contribution in [-0.2, 0) is 4.74 Å². The molecule has 0 radical (unpaired) electrons. The highest BCUT2D eigenvalue weighted by Crippen LogP contribution is 2.25. The van der Waals surface area contributed by atoms with Crippen LogP contribution in [0.25, 0.3) is 10.9 Å². The van der Waals surface area contributed by atoms with E-state index < -0.39 is 6.10 Å². The Hall–Kier alpha value is -1.45. The van der Waals surface area contributed by atoms with Gasteiger partial charge in [0.25, 0.3) is 0 Å². The molecule has 3 nitrogen and oxygen atoms in total. The minimum absolute atomic E-state index is 0.334. The summed E-state index contributed by atoms with van der Waals surface area (Å²) in [6, 6.07) is 9.94. The number of fused-ring (bicyclic) bond motifs is 1. The summed E-state index contributed by atoms with van der Waals surface area (Å²) >= 11 is 0. The van der Waals surface area contributed by atoms with Crippen molar-refractivity contribution in [1.82, 2.24) is 4.98 Å². The van der Waals surface area contributed by atoms with Crippen LogP contribution in [0.2, 0.25) is 0 Å². The van der Waals surface area contributed by atoms with Crippen LogP contribution in [0.5, 0.6) is 0 Å². The molecule has 0 bridgehead atoms. The van der Waals surface area contributed by atoms with E-state index in [0.29, 0.717) is 6.10 Å². The van der Waals surface area contributed by atoms with Crippen molar-refractivity contribution in [2.24, 2.45) is 0 Å². The van der Waals surface area contributed by atoms with E-state index in [4.69, 9.17) is 4.74 Å². The standard InChI is InChI=1S/C17H21NO2/c19-17(9-7-15-5-1-2-11-20-15)14-6-8-16-13(12-14)4-3-10-18-16/h3-4,6,8,10,12,15,17,19H,1-2,5,7,9,11H2. The van der Waals surface area contributed by atoms with Crippen LogP contribution < -0.4 is 0 Å². The van der Waals surface area contributed by atoms with Gasteiger partial charge in [-0.15, -0.1) is 0 Å². The number of aliphatic hydroxyl groups excluding tert-OH is 1. The maximum Gasteiger partial charge on any atom is 0.0791 e. The number of ether oxygens (including phenoxy) is 1. The molecular weight excluding hydrogens is 250 g/mol. The number of hydrogen-bond acceptors (Lipinski definition) is 3. The van der Waals surface area contributed by atoms with E-state index in [-0.39, 0.29) is 0 Å². The largest absolute Gasteiger partial charge is 0.388 e. The molecule has 2 unspecified atom stereocenters. The zero-order valence-corrected chi connectivity index (χ0v) is 11.7. The summed E-state index contributed by atoms with van der Waals surface area (Å²) < 4.78 is 5.71. The molecule has 1 aromatic heterocycles. The first kappa shape index (κ1) is 13.5. The van der Waals surface area contributed by atoms with Crippen molar-refractivity contribution in [2.45, 2.75) is 44.3 Å². The summed E-state index contributed by atoms with van der Waals surface area (Å²) in [5.41, 5.74) is 1.94. The molecule has 0 amide bonds. The first-order valence-corrected chi connectivity index (χ1v) is 7.47. The normalized spacial score (nSPS) is 20.9. The predicted molar refractivity (Wildman–Crippen MR) is 79.5 cm³/mol. The first-order chi connectivity index (χ1) is 9.83. The van der Waals surface area contributed by atoms with Crippen molar-refractivity contribution in [3.63, 3.8) is 0 Å². The van der Waals surface area contributed by atoms with Crippen LogP contribution >= 0.6 is 0 Å². The molecule has 1 aliphatic heterocycles. The quantitative estimate of drug-likeness (QED) is 0.923. The Morgan fingerprint density at radius 1 is 1.30 bits per heavy atom. The van der Waals surface area contributed by atoms with Gasteiger partial charge >= 0.3 is 0 Å². The minimum Gasteiger partial charge on any atom is -0.388 e. The number of hydrogen-bond donors (Lipinski definition) is 1. The smallest absolute Gasteiger partial charge is 0.0791 e. The van der Waals surface area contributed by atoms with Gasteiger partial charge in [-0.3, -0.25) is 4.98 Å². The van der Waals surface area contributed by atoms with Gasteiger partial charge in [0, 0.05) is 18.2 Å².